The maximum Gasteiger partial charge on any atom is 0.0713 e. The molecule has 0 bridgehead atoms. The SMILES string of the molecule is COCc1cc(COC)cc(C(c2ccc(C(c3cc(COC)cc(COC)c3)c3cc(COC)cc(COC)c3)cc2)c2cc(COC)cc(COC)c2)c1. The van der Waals surface area contributed by atoms with Crippen LogP contribution in [-0.2, 0) is 90.7 Å². The third-order valence-corrected chi connectivity index (χ3v) is 9.72. The van der Waals surface area contributed by atoms with Crippen LogP contribution in [0.5, 0.6) is 0 Å². The van der Waals surface area contributed by atoms with Crippen LogP contribution in [0.2, 0.25) is 0 Å². The van der Waals surface area contributed by atoms with E-state index in [-0.39, 0.29) is 11.8 Å². The van der Waals surface area contributed by atoms with Gasteiger partial charge in [0.15, 0.2) is 0 Å². The van der Waals surface area contributed by atoms with Crippen molar-refractivity contribution in [2.45, 2.75) is 64.7 Å². The predicted molar refractivity (Wildman–Crippen MR) is 220 cm³/mol. The molecule has 0 unspecified atom stereocenters. The number of rotatable bonds is 22. The van der Waals surface area contributed by atoms with Gasteiger partial charge in [-0.05, 0) is 77.9 Å². The summed E-state index contributed by atoms with van der Waals surface area (Å²) in [6.45, 7) is 3.98. The van der Waals surface area contributed by atoms with Gasteiger partial charge in [-0.15, -0.1) is 0 Å². The average molecular weight is 763 g/mol. The molecule has 0 saturated heterocycles. The second kappa shape index (κ2) is 21.9. The summed E-state index contributed by atoms with van der Waals surface area (Å²) in [5.74, 6) is -0.196. The Morgan fingerprint density at radius 2 is 0.411 bits per heavy atom. The van der Waals surface area contributed by atoms with Gasteiger partial charge in [0.05, 0.1) is 52.9 Å². The van der Waals surface area contributed by atoms with Crippen LogP contribution in [0.3, 0.4) is 0 Å². The lowest BCUT2D eigenvalue weighted by molar-refractivity contribution is 0.179. The summed E-state index contributed by atoms with van der Waals surface area (Å²) >= 11 is 0. The van der Waals surface area contributed by atoms with E-state index in [4.69, 9.17) is 37.9 Å². The smallest absolute Gasteiger partial charge is 0.0713 e. The third-order valence-electron chi connectivity index (χ3n) is 9.72. The van der Waals surface area contributed by atoms with Gasteiger partial charge in [0, 0.05) is 68.7 Å². The van der Waals surface area contributed by atoms with E-state index in [0.717, 1.165) is 77.9 Å². The van der Waals surface area contributed by atoms with Crippen molar-refractivity contribution in [2.75, 3.05) is 56.9 Å². The van der Waals surface area contributed by atoms with Gasteiger partial charge in [-0.1, -0.05) is 97.1 Å². The summed E-state index contributed by atoms with van der Waals surface area (Å²) in [5, 5.41) is 0. The zero-order valence-corrected chi connectivity index (χ0v) is 34.3. The second-order valence-corrected chi connectivity index (χ2v) is 14.3. The van der Waals surface area contributed by atoms with Gasteiger partial charge in [-0.3, -0.25) is 0 Å². The molecule has 0 aliphatic carbocycles. The van der Waals surface area contributed by atoms with E-state index in [9.17, 15) is 0 Å². The summed E-state index contributed by atoms with van der Waals surface area (Å²) in [6, 6.07) is 35.7. The minimum atomic E-state index is -0.0982. The van der Waals surface area contributed by atoms with Crippen LogP contribution in [0.15, 0.2) is 97.1 Å². The molecule has 5 rings (SSSR count). The van der Waals surface area contributed by atoms with E-state index < -0.39 is 0 Å². The van der Waals surface area contributed by atoms with Crippen LogP contribution < -0.4 is 0 Å². The fourth-order valence-corrected chi connectivity index (χ4v) is 7.87. The van der Waals surface area contributed by atoms with Crippen LogP contribution in [0.25, 0.3) is 0 Å². The lowest BCUT2D eigenvalue weighted by atomic mass is 9.79. The molecule has 0 radical (unpaired) electrons. The van der Waals surface area contributed by atoms with Crippen LogP contribution in [0, 0.1) is 0 Å². The maximum absolute atomic E-state index is 5.62. The molecule has 5 aromatic rings. The first-order chi connectivity index (χ1) is 27.4. The molecule has 0 N–H and O–H groups in total. The summed E-state index contributed by atoms with van der Waals surface area (Å²) in [4.78, 5) is 0. The van der Waals surface area contributed by atoms with E-state index in [1.165, 1.54) is 0 Å². The highest BCUT2D eigenvalue weighted by atomic mass is 16.5. The predicted octanol–water partition coefficient (Wildman–Crippen LogP) is 9.22. The monoisotopic (exact) mass is 762 g/mol. The summed E-state index contributed by atoms with van der Waals surface area (Å²) < 4.78 is 45.0. The Kier molecular flexibility index (Phi) is 16.8. The van der Waals surface area contributed by atoms with Crippen molar-refractivity contribution in [3.8, 4) is 0 Å². The molecule has 0 aliphatic rings. The number of ether oxygens (including phenoxy) is 8. The summed E-state index contributed by atoms with van der Waals surface area (Å²) in [7, 11) is 13.8. The van der Waals surface area contributed by atoms with Gasteiger partial charge in [0.1, 0.15) is 0 Å². The molecular weight excluding hydrogens is 705 g/mol. The average Bonchev–Trinajstić information content (AvgIpc) is 3.17. The molecular formula is C48H58O8. The van der Waals surface area contributed by atoms with Gasteiger partial charge < -0.3 is 37.9 Å². The Bertz CT molecular complexity index is 1610. The molecule has 0 amide bonds. The lowest BCUT2D eigenvalue weighted by Crippen LogP contribution is -2.10. The van der Waals surface area contributed by atoms with Crippen LogP contribution >= 0.6 is 0 Å². The molecule has 0 aromatic heterocycles. The first-order valence-electron chi connectivity index (χ1n) is 18.9. The van der Waals surface area contributed by atoms with E-state index >= 15 is 0 Å². The van der Waals surface area contributed by atoms with Crippen LogP contribution in [-0.4, -0.2) is 56.9 Å². The normalized spacial score (nSPS) is 11.6. The fourth-order valence-electron chi connectivity index (χ4n) is 7.87. The molecule has 8 nitrogen and oxygen atoms in total. The van der Waals surface area contributed by atoms with Gasteiger partial charge in [0.25, 0.3) is 0 Å². The highest BCUT2D eigenvalue weighted by Gasteiger charge is 2.24. The molecule has 298 valence electrons. The minimum Gasteiger partial charge on any atom is -0.380 e. The van der Waals surface area contributed by atoms with Crippen molar-refractivity contribution in [3.05, 3.63) is 175 Å². The first kappa shape index (κ1) is 42.9. The third kappa shape index (κ3) is 11.4. The Morgan fingerprint density at radius 1 is 0.250 bits per heavy atom. The van der Waals surface area contributed by atoms with Crippen molar-refractivity contribution in [2.24, 2.45) is 0 Å². The topological polar surface area (TPSA) is 73.8 Å². The zero-order valence-electron chi connectivity index (χ0n) is 34.3. The van der Waals surface area contributed by atoms with Crippen LogP contribution in [0.1, 0.15) is 89.7 Å². The number of benzene rings is 5. The van der Waals surface area contributed by atoms with E-state index in [2.05, 4.69) is 97.1 Å². The minimum absolute atomic E-state index is 0.0982. The standard InChI is InChI=1S/C48H58O8/c1-49-25-33-13-34(26-50-2)18-43(17-33)47(44-19-35(27-51-3)14-36(20-44)28-52-4)41-9-11-42(12-10-41)48(45-21-37(29-53-5)15-38(22-45)30-54-6)46-23-39(31-55-7)16-40(24-46)32-56-8/h9-24,47-48H,25-32H2,1-8H3. The zero-order chi connectivity index (χ0) is 39.9. The van der Waals surface area contributed by atoms with Crippen molar-refractivity contribution in [1.82, 2.24) is 0 Å². The maximum atomic E-state index is 5.62. The largest absolute Gasteiger partial charge is 0.380 e. The molecule has 8 heteroatoms. The number of methoxy groups -OCH3 is 8. The van der Waals surface area contributed by atoms with Gasteiger partial charge in [-0.25, -0.2) is 0 Å². The highest BCUT2D eigenvalue weighted by molar-refractivity contribution is 5.52. The molecule has 0 fully saturated rings. The fraction of sp³-hybridized carbons (Fsp3) is 0.375. The lowest BCUT2D eigenvalue weighted by Gasteiger charge is -2.25. The Balaban J connectivity index is 1.73. The Morgan fingerprint density at radius 3 is 0.554 bits per heavy atom. The summed E-state index contributed by atoms with van der Waals surface area (Å²) in [6.07, 6.45) is 0. The summed E-state index contributed by atoms with van der Waals surface area (Å²) in [5.41, 5.74) is 15.7. The molecule has 0 aliphatic heterocycles. The Labute approximate surface area is 333 Å². The van der Waals surface area contributed by atoms with Gasteiger partial charge in [0.2, 0.25) is 0 Å². The Hall–Kier alpha value is -4.22. The quantitative estimate of drug-likeness (QED) is 0.0647. The molecule has 5 aromatic carbocycles. The number of hydrogen-bond acceptors (Lipinski definition) is 8. The van der Waals surface area contributed by atoms with Gasteiger partial charge >= 0.3 is 0 Å². The molecule has 56 heavy (non-hydrogen) atoms. The molecule has 0 heterocycles. The number of hydrogen-bond donors (Lipinski definition) is 0. The van der Waals surface area contributed by atoms with Crippen LogP contribution in [0.4, 0.5) is 0 Å². The van der Waals surface area contributed by atoms with E-state index in [1.54, 1.807) is 56.9 Å². The molecule has 0 spiro atoms. The molecule has 0 saturated carbocycles. The van der Waals surface area contributed by atoms with Crippen molar-refractivity contribution < 1.29 is 37.9 Å². The highest BCUT2D eigenvalue weighted by Crippen LogP contribution is 2.39. The van der Waals surface area contributed by atoms with Gasteiger partial charge in [-0.2, -0.15) is 0 Å². The van der Waals surface area contributed by atoms with E-state index in [1.807, 2.05) is 0 Å². The van der Waals surface area contributed by atoms with E-state index in [0.29, 0.717) is 52.9 Å². The van der Waals surface area contributed by atoms with Crippen molar-refractivity contribution in [3.63, 3.8) is 0 Å². The van der Waals surface area contributed by atoms with Crippen molar-refractivity contribution >= 4 is 0 Å². The second-order valence-electron chi connectivity index (χ2n) is 14.3. The first-order valence-corrected chi connectivity index (χ1v) is 18.9. The molecule has 0 atom stereocenters. The van der Waals surface area contributed by atoms with Crippen molar-refractivity contribution in [1.29, 1.82) is 0 Å².